The summed E-state index contributed by atoms with van der Waals surface area (Å²) < 4.78 is 10.3. The van der Waals surface area contributed by atoms with Gasteiger partial charge in [0.1, 0.15) is 5.76 Å². The summed E-state index contributed by atoms with van der Waals surface area (Å²) in [6.45, 7) is 7.61. The van der Waals surface area contributed by atoms with Crippen molar-refractivity contribution >= 4 is 5.97 Å². The molecular weight excluding hydrogens is 256 g/mol. The normalized spacial score (nSPS) is 23.8. The molecule has 0 spiro atoms. The van der Waals surface area contributed by atoms with Crippen molar-refractivity contribution in [1.82, 2.24) is 4.90 Å². The lowest BCUT2D eigenvalue weighted by Gasteiger charge is -2.36. The van der Waals surface area contributed by atoms with Gasteiger partial charge in [-0.2, -0.15) is 0 Å². The third kappa shape index (κ3) is 3.22. The molecule has 2 unspecified atom stereocenters. The standard InChI is InChI=1S/C15H24N2O3/c1-10-4-5-17(8-12(10)7-16)9-13-6-11(2)14(20-13)15(18)19-3/h6,10,12H,4-5,7-9,16H2,1-3H3. The molecule has 0 bridgehead atoms. The van der Waals surface area contributed by atoms with Crippen molar-refractivity contribution in [3.05, 3.63) is 23.2 Å². The van der Waals surface area contributed by atoms with Crippen molar-refractivity contribution in [2.24, 2.45) is 17.6 Å². The monoisotopic (exact) mass is 280 g/mol. The van der Waals surface area contributed by atoms with Crippen LogP contribution in [-0.2, 0) is 11.3 Å². The molecule has 2 N–H and O–H groups in total. The number of carbonyl (C=O) groups excluding carboxylic acids is 1. The topological polar surface area (TPSA) is 68.7 Å². The van der Waals surface area contributed by atoms with Gasteiger partial charge in [0.15, 0.2) is 0 Å². The smallest absolute Gasteiger partial charge is 0.374 e. The van der Waals surface area contributed by atoms with Gasteiger partial charge < -0.3 is 14.9 Å². The fourth-order valence-corrected chi connectivity index (χ4v) is 2.82. The summed E-state index contributed by atoms with van der Waals surface area (Å²) in [5, 5.41) is 0. The number of nitrogens with zero attached hydrogens (tertiary/aromatic N) is 1. The molecule has 1 aromatic rings. The fraction of sp³-hybridized carbons (Fsp3) is 0.667. The van der Waals surface area contributed by atoms with Gasteiger partial charge in [-0.05, 0) is 44.3 Å². The number of carbonyl (C=O) groups is 1. The molecule has 1 saturated heterocycles. The summed E-state index contributed by atoms with van der Waals surface area (Å²) in [5.74, 6) is 1.93. The van der Waals surface area contributed by atoms with Crippen molar-refractivity contribution in [3.63, 3.8) is 0 Å². The van der Waals surface area contributed by atoms with E-state index in [-0.39, 0.29) is 0 Å². The number of furan rings is 1. The fourth-order valence-electron chi connectivity index (χ4n) is 2.82. The lowest BCUT2D eigenvalue weighted by Crippen LogP contribution is -2.42. The first-order valence-electron chi connectivity index (χ1n) is 7.15. The minimum absolute atomic E-state index is 0.309. The molecule has 1 aliphatic rings. The quantitative estimate of drug-likeness (QED) is 0.852. The number of hydrogen-bond donors (Lipinski definition) is 1. The molecule has 0 amide bonds. The molecule has 5 nitrogen and oxygen atoms in total. The molecular formula is C15H24N2O3. The Bertz CT molecular complexity index is 470. The number of esters is 1. The van der Waals surface area contributed by atoms with E-state index in [0.29, 0.717) is 17.6 Å². The first-order chi connectivity index (χ1) is 9.55. The average Bonchev–Trinajstić information content (AvgIpc) is 2.80. The molecule has 0 radical (unpaired) electrons. The minimum Gasteiger partial charge on any atom is -0.463 e. The number of likely N-dealkylation sites (tertiary alicyclic amines) is 1. The van der Waals surface area contributed by atoms with E-state index in [1.54, 1.807) is 0 Å². The van der Waals surface area contributed by atoms with Crippen molar-refractivity contribution in [2.45, 2.75) is 26.8 Å². The van der Waals surface area contributed by atoms with Crippen LogP contribution in [0.15, 0.2) is 10.5 Å². The zero-order valence-electron chi connectivity index (χ0n) is 12.5. The molecule has 1 aromatic heterocycles. The van der Waals surface area contributed by atoms with Crippen LogP contribution in [0.25, 0.3) is 0 Å². The van der Waals surface area contributed by atoms with Crippen LogP contribution in [0.4, 0.5) is 0 Å². The van der Waals surface area contributed by atoms with Gasteiger partial charge in [-0.3, -0.25) is 4.90 Å². The lowest BCUT2D eigenvalue weighted by atomic mass is 9.87. The van der Waals surface area contributed by atoms with Gasteiger partial charge in [0, 0.05) is 12.1 Å². The van der Waals surface area contributed by atoms with Gasteiger partial charge in [-0.15, -0.1) is 0 Å². The highest BCUT2D eigenvalue weighted by molar-refractivity contribution is 5.87. The Kier molecular flexibility index (Phi) is 4.83. The van der Waals surface area contributed by atoms with Gasteiger partial charge in [-0.25, -0.2) is 4.79 Å². The first-order valence-corrected chi connectivity index (χ1v) is 7.15. The SMILES string of the molecule is COC(=O)c1oc(CN2CCC(C)C(CN)C2)cc1C. The van der Waals surface area contributed by atoms with Gasteiger partial charge in [0.25, 0.3) is 0 Å². The molecule has 2 atom stereocenters. The van der Waals surface area contributed by atoms with Crippen LogP contribution >= 0.6 is 0 Å². The largest absolute Gasteiger partial charge is 0.463 e. The Morgan fingerprint density at radius 1 is 1.60 bits per heavy atom. The van der Waals surface area contributed by atoms with E-state index >= 15 is 0 Å². The predicted molar refractivity (Wildman–Crippen MR) is 76.4 cm³/mol. The van der Waals surface area contributed by atoms with Gasteiger partial charge in [0.2, 0.25) is 5.76 Å². The molecule has 20 heavy (non-hydrogen) atoms. The molecule has 1 fully saturated rings. The third-order valence-corrected chi connectivity index (χ3v) is 4.22. The van der Waals surface area contributed by atoms with E-state index in [4.69, 9.17) is 14.9 Å². The maximum Gasteiger partial charge on any atom is 0.374 e. The zero-order valence-corrected chi connectivity index (χ0v) is 12.5. The molecule has 1 aliphatic heterocycles. The van der Waals surface area contributed by atoms with Crippen LogP contribution < -0.4 is 5.73 Å². The Hall–Kier alpha value is -1.33. The van der Waals surface area contributed by atoms with E-state index in [2.05, 4.69) is 11.8 Å². The summed E-state index contributed by atoms with van der Waals surface area (Å²) in [5.41, 5.74) is 6.65. The maximum absolute atomic E-state index is 11.5. The number of hydrogen-bond acceptors (Lipinski definition) is 5. The Morgan fingerprint density at radius 3 is 3.00 bits per heavy atom. The predicted octanol–water partition coefficient (Wildman–Crippen LogP) is 1.79. The Morgan fingerprint density at radius 2 is 2.35 bits per heavy atom. The highest BCUT2D eigenvalue weighted by Crippen LogP contribution is 2.24. The minimum atomic E-state index is -0.416. The third-order valence-electron chi connectivity index (χ3n) is 4.22. The average molecular weight is 280 g/mol. The molecule has 0 aliphatic carbocycles. The van der Waals surface area contributed by atoms with E-state index in [9.17, 15) is 4.79 Å². The highest BCUT2D eigenvalue weighted by Gasteiger charge is 2.26. The molecule has 0 aromatic carbocycles. The number of aryl methyl sites for hydroxylation is 1. The second kappa shape index (κ2) is 6.41. The number of methoxy groups -OCH3 is 1. The first kappa shape index (κ1) is 15.1. The van der Waals surface area contributed by atoms with Crippen molar-refractivity contribution in [1.29, 1.82) is 0 Å². The van der Waals surface area contributed by atoms with Gasteiger partial charge in [-0.1, -0.05) is 6.92 Å². The molecule has 2 rings (SSSR count). The summed E-state index contributed by atoms with van der Waals surface area (Å²) in [6, 6.07) is 1.92. The van der Waals surface area contributed by atoms with Crippen LogP contribution in [-0.4, -0.2) is 37.6 Å². The van der Waals surface area contributed by atoms with Crippen molar-refractivity contribution in [3.8, 4) is 0 Å². The molecule has 5 heteroatoms. The zero-order chi connectivity index (χ0) is 14.7. The van der Waals surface area contributed by atoms with Crippen molar-refractivity contribution < 1.29 is 13.9 Å². The van der Waals surface area contributed by atoms with Crippen LogP contribution in [0.3, 0.4) is 0 Å². The molecule has 112 valence electrons. The second-order valence-electron chi connectivity index (χ2n) is 5.71. The number of piperidine rings is 1. The number of rotatable bonds is 4. The maximum atomic E-state index is 11.5. The van der Waals surface area contributed by atoms with Crippen LogP contribution in [0.5, 0.6) is 0 Å². The van der Waals surface area contributed by atoms with E-state index in [0.717, 1.165) is 43.9 Å². The van der Waals surface area contributed by atoms with Crippen LogP contribution in [0.1, 0.15) is 35.2 Å². The van der Waals surface area contributed by atoms with Gasteiger partial charge >= 0.3 is 5.97 Å². The van der Waals surface area contributed by atoms with E-state index in [1.807, 2.05) is 13.0 Å². The number of nitrogens with two attached hydrogens (primary N) is 1. The van der Waals surface area contributed by atoms with E-state index in [1.165, 1.54) is 7.11 Å². The van der Waals surface area contributed by atoms with Gasteiger partial charge in [0.05, 0.1) is 13.7 Å². The molecule has 0 saturated carbocycles. The lowest BCUT2D eigenvalue weighted by molar-refractivity contribution is 0.0557. The van der Waals surface area contributed by atoms with Crippen LogP contribution in [0, 0.1) is 18.8 Å². The highest BCUT2D eigenvalue weighted by atomic mass is 16.5. The summed E-state index contributed by atoms with van der Waals surface area (Å²) >= 11 is 0. The Labute approximate surface area is 120 Å². The second-order valence-corrected chi connectivity index (χ2v) is 5.71. The molecule has 2 heterocycles. The summed E-state index contributed by atoms with van der Waals surface area (Å²) in [6.07, 6.45) is 1.16. The number of ether oxygens (including phenoxy) is 1. The summed E-state index contributed by atoms with van der Waals surface area (Å²) in [7, 11) is 1.36. The summed E-state index contributed by atoms with van der Waals surface area (Å²) in [4.78, 5) is 13.9. The van der Waals surface area contributed by atoms with Crippen molar-refractivity contribution in [2.75, 3.05) is 26.7 Å². The van der Waals surface area contributed by atoms with Crippen LogP contribution in [0.2, 0.25) is 0 Å². The Balaban J connectivity index is 2.02. The van der Waals surface area contributed by atoms with E-state index < -0.39 is 5.97 Å².